The van der Waals surface area contributed by atoms with Crippen molar-refractivity contribution >= 4 is 68.4 Å². The molecule has 2 aromatic rings. The third-order valence-electron chi connectivity index (χ3n) is 8.22. The monoisotopic (exact) mass is 606 g/mol. The lowest BCUT2D eigenvalue weighted by Gasteiger charge is -2.49. The SMILES string of the molecule is CN1C(=O)C2(Cl)CC3C(=CCC4C(=O)N(c5ccc(Br)cc5)C(=O)C43)C(c3ccc(CO)o3)C2(Cl)C1=O. The number of amides is 4. The average Bonchev–Trinajstić information content (AvgIpc) is 3.49. The number of halogens is 3. The van der Waals surface area contributed by atoms with Crippen LogP contribution in [0.1, 0.15) is 30.3 Å². The molecule has 4 aliphatic rings. The molecule has 0 bridgehead atoms. The van der Waals surface area contributed by atoms with Crippen LogP contribution in [0.5, 0.6) is 0 Å². The van der Waals surface area contributed by atoms with Crippen LogP contribution < -0.4 is 4.90 Å². The molecule has 4 amide bonds. The summed E-state index contributed by atoms with van der Waals surface area (Å²) < 4.78 is 6.65. The minimum Gasteiger partial charge on any atom is -0.463 e. The molecule has 0 spiro atoms. The van der Waals surface area contributed by atoms with Gasteiger partial charge in [0.25, 0.3) is 11.8 Å². The maximum atomic E-state index is 13.8. The predicted molar refractivity (Wildman–Crippen MR) is 137 cm³/mol. The first-order valence-electron chi connectivity index (χ1n) is 11.8. The van der Waals surface area contributed by atoms with Crippen LogP contribution >= 0.6 is 39.1 Å². The number of aliphatic hydroxyl groups is 1. The quantitative estimate of drug-likeness (QED) is 0.324. The van der Waals surface area contributed by atoms with Gasteiger partial charge >= 0.3 is 0 Å². The number of alkyl halides is 2. The van der Waals surface area contributed by atoms with Crippen LogP contribution in [-0.4, -0.2) is 50.4 Å². The zero-order chi connectivity index (χ0) is 26.4. The molecule has 2 saturated heterocycles. The normalized spacial score (nSPS) is 35.0. The highest BCUT2D eigenvalue weighted by molar-refractivity contribution is 9.10. The number of hydrogen-bond donors (Lipinski definition) is 1. The van der Waals surface area contributed by atoms with Crippen LogP contribution in [0.4, 0.5) is 5.69 Å². The third-order valence-corrected chi connectivity index (χ3v) is 10.2. The molecule has 1 aromatic heterocycles. The minimum atomic E-state index is -1.91. The number of imide groups is 2. The summed E-state index contributed by atoms with van der Waals surface area (Å²) in [6.45, 7) is -0.372. The molecule has 1 aromatic carbocycles. The summed E-state index contributed by atoms with van der Waals surface area (Å²) in [5.74, 6) is -4.52. The Labute approximate surface area is 230 Å². The van der Waals surface area contributed by atoms with Gasteiger partial charge in [0.15, 0.2) is 9.75 Å². The van der Waals surface area contributed by atoms with Crippen molar-refractivity contribution in [2.45, 2.75) is 35.1 Å². The summed E-state index contributed by atoms with van der Waals surface area (Å²) in [5.41, 5.74) is 1.10. The smallest absolute Gasteiger partial charge is 0.253 e. The third kappa shape index (κ3) is 3.11. The number of benzene rings is 1. The predicted octanol–water partition coefficient (Wildman–Crippen LogP) is 3.73. The molecule has 37 heavy (non-hydrogen) atoms. The van der Waals surface area contributed by atoms with E-state index in [2.05, 4.69) is 15.9 Å². The van der Waals surface area contributed by atoms with E-state index in [1.807, 2.05) is 6.08 Å². The summed E-state index contributed by atoms with van der Waals surface area (Å²) >= 11 is 17.5. The van der Waals surface area contributed by atoms with E-state index in [1.54, 1.807) is 36.4 Å². The molecule has 6 unspecified atom stereocenters. The van der Waals surface area contributed by atoms with Gasteiger partial charge in [-0.15, -0.1) is 23.2 Å². The molecule has 2 aliphatic heterocycles. The lowest BCUT2D eigenvalue weighted by Crippen LogP contribution is -2.60. The summed E-state index contributed by atoms with van der Waals surface area (Å²) in [6, 6.07) is 10.0. The van der Waals surface area contributed by atoms with Crippen LogP contribution in [0.2, 0.25) is 0 Å². The summed E-state index contributed by atoms with van der Waals surface area (Å²) in [6.07, 6.45) is 2.01. The number of nitrogens with zero attached hydrogens (tertiary/aromatic N) is 2. The van der Waals surface area contributed by atoms with Gasteiger partial charge in [-0.05, 0) is 55.2 Å². The maximum Gasteiger partial charge on any atom is 0.253 e. The number of rotatable bonds is 3. The van der Waals surface area contributed by atoms with Gasteiger partial charge in [-0.25, -0.2) is 0 Å². The summed E-state index contributed by atoms with van der Waals surface area (Å²) in [5, 5.41) is 9.57. The van der Waals surface area contributed by atoms with Crippen LogP contribution in [0.3, 0.4) is 0 Å². The minimum absolute atomic E-state index is 0.0861. The Morgan fingerprint density at radius 2 is 1.73 bits per heavy atom. The van der Waals surface area contributed by atoms with E-state index >= 15 is 0 Å². The van der Waals surface area contributed by atoms with Gasteiger partial charge in [0.05, 0.1) is 23.4 Å². The molecule has 6 atom stereocenters. The first-order chi connectivity index (χ1) is 17.5. The van der Waals surface area contributed by atoms with Gasteiger partial charge < -0.3 is 9.52 Å². The topological polar surface area (TPSA) is 108 Å². The van der Waals surface area contributed by atoms with E-state index in [0.29, 0.717) is 11.3 Å². The van der Waals surface area contributed by atoms with Crippen LogP contribution in [0.25, 0.3) is 0 Å². The molecule has 6 rings (SSSR count). The lowest BCUT2D eigenvalue weighted by atomic mass is 9.57. The maximum absolute atomic E-state index is 13.8. The number of carbonyl (C=O) groups is 4. The number of fused-ring (bicyclic) bond motifs is 4. The van der Waals surface area contributed by atoms with Gasteiger partial charge in [-0.2, -0.15) is 0 Å². The molecule has 8 nitrogen and oxygen atoms in total. The Morgan fingerprint density at radius 3 is 2.38 bits per heavy atom. The fourth-order valence-electron chi connectivity index (χ4n) is 6.54. The Kier molecular flexibility index (Phi) is 5.55. The Balaban J connectivity index is 1.50. The highest BCUT2D eigenvalue weighted by Gasteiger charge is 2.76. The van der Waals surface area contributed by atoms with Gasteiger partial charge in [0.2, 0.25) is 11.8 Å². The highest BCUT2D eigenvalue weighted by Crippen LogP contribution is 2.65. The molecule has 3 heterocycles. The largest absolute Gasteiger partial charge is 0.463 e. The Hall–Kier alpha value is -2.46. The zero-order valence-corrected chi connectivity index (χ0v) is 22.6. The van der Waals surface area contributed by atoms with E-state index in [0.717, 1.165) is 9.37 Å². The molecule has 0 radical (unpaired) electrons. The molecule has 2 aliphatic carbocycles. The van der Waals surface area contributed by atoms with Gasteiger partial charge in [-0.1, -0.05) is 27.6 Å². The van der Waals surface area contributed by atoms with Crippen molar-refractivity contribution in [2.24, 2.45) is 17.8 Å². The molecule has 192 valence electrons. The van der Waals surface area contributed by atoms with Crippen LogP contribution in [0.15, 0.2) is 56.9 Å². The van der Waals surface area contributed by atoms with Crippen molar-refractivity contribution in [3.05, 3.63) is 64.0 Å². The Morgan fingerprint density at radius 1 is 1.03 bits per heavy atom. The number of furan rings is 1. The van der Waals surface area contributed by atoms with Gasteiger partial charge in [-0.3, -0.25) is 29.0 Å². The molecular weight excluding hydrogens is 587 g/mol. The van der Waals surface area contributed by atoms with E-state index < -0.39 is 45.2 Å². The van der Waals surface area contributed by atoms with Crippen molar-refractivity contribution < 1.29 is 28.7 Å². The van der Waals surface area contributed by atoms with E-state index in [1.165, 1.54) is 11.9 Å². The first-order valence-corrected chi connectivity index (χ1v) is 13.3. The Bertz CT molecular complexity index is 1410. The van der Waals surface area contributed by atoms with Gasteiger partial charge in [0, 0.05) is 11.5 Å². The molecule has 1 saturated carbocycles. The number of allylic oxidation sites excluding steroid dienone is 2. The van der Waals surface area contributed by atoms with E-state index in [-0.39, 0.29) is 42.8 Å². The van der Waals surface area contributed by atoms with E-state index in [4.69, 9.17) is 27.6 Å². The number of carbonyl (C=O) groups excluding carboxylic acids is 4. The highest BCUT2D eigenvalue weighted by atomic mass is 79.9. The summed E-state index contributed by atoms with van der Waals surface area (Å²) in [4.78, 5) is 52.5. The number of likely N-dealkylation sites (tertiary alicyclic amines) is 1. The second-order valence-corrected chi connectivity index (χ2v) is 12.1. The molecular formula is C26H21BrCl2N2O6. The molecule has 3 fully saturated rings. The van der Waals surface area contributed by atoms with E-state index in [9.17, 15) is 24.3 Å². The molecule has 1 N–H and O–H groups in total. The fourth-order valence-corrected chi connectivity index (χ4v) is 7.80. The second-order valence-electron chi connectivity index (χ2n) is 9.95. The van der Waals surface area contributed by atoms with Crippen molar-refractivity contribution in [3.8, 4) is 0 Å². The lowest BCUT2D eigenvalue weighted by molar-refractivity contribution is -0.138. The molecule has 11 heteroatoms. The average molecular weight is 608 g/mol. The number of anilines is 1. The number of hydrogen-bond acceptors (Lipinski definition) is 6. The van der Waals surface area contributed by atoms with Gasteiger partial charge in [0.1, 0.15) is 18.1 Å². The van der Waals surface area contributed by atoms with Crippen molar-refractivity contribution in [3.63, 3.8) is 0 Å². The van der Waals surface area contributed by atoms with Crippen LogP contribution in [-0.2, 0) is 25.8 Å². The standard InChI is InChI=1S/C26H21BrCl2N2O6/c1-30-23(35)25(28)10-17-15(20(26(25,29)24(30)36)18-9-6-14(11-32)37-18)7-8-16-19(17)22(34)31(21(16)33)13-4-2-12(27)3-5-13/h2-7,9,16-17,19-20,32H,8,10-11H2,1H3. The van der Waals surface area contributed by atoms with Crippen molar-refractivity contribution in [2.75, 3.05) is 11.9 Å². The second kappa shape index (κ2) is 8.27. The summed E-state index contributed by atoms with van der Waals surface area (Å²) in [7, 11) is 1.33. The number of aliphatic hydroxyl groups excluding tert-OH is 1. The van der Waals surface area contributed by atoms with Crippen molar-refractivity contribution in [1.82, 2.24) is 4.90 Å². The first kappa shape index (κ1) is 24.9. The van der Waals surface area contributed by atoms with Crippen LogP contribution in [0, 0.1) is 17.8 Å². The fraction of sp³-hybridized carbons (Fsp3) is 0.385. The zero-order valence-electron chi connectivity index (χ0n) is 19.5. The van der Waals surface area contributed by atoms with Crippen molar-refractivity contribution in [1.29, 1.82) is 0 Å².